The Kier molecular flexibility index (Phi) is 2.73. The lowest BCUT2D eigenvalue weighted by Gasteiger charge is -2.06. The standard InChI is InChI=1S/C8H7F3N2O/c9-8(10,11)4-6(14)5-2-1-3-13-7(5)12/h1-3H,4H2,(H2,12,13). The molecule has 76 valence electrons. The van der Waals surface area contributed by atoms with Gasteiger partial charge in [-0.25, -0.2) is 4.98 Å². The van der Waals surface area contributed by atoms with E-state index in [2.05, 4.69) is 4.98 Å². The molecule has 0 bridgehead atoms. The third-order valence-corrected chi connectivity index (χ3v) is 1.50. The Morgan fingerprint density at radius 2 is 2.14 bits per heavy atom. The van der Waals surface area contributed by atoms with Crippen LogP contribution in [-0.4, -0.2) is 16.9 Å². The van der Waals surface area contributed by atoms with Crippen molar-refractivity contribution < 1.29 is 18.0 Å². The van der Waals surface area contributed by atoms with Gasteiger partial charge in [0.05, 0.1) is 5.56 Å². The molecule has 0 unspecified atom stereocenters. The number of ketones is 1. The molecule has 3 nitrogen and oxygen atoms in total. The molecule has 0 aliphatic carbocycles. The van der Waals surface area contributed by atoms with E-state index >= 15 is 0 Å². The maximum absolute atomic E-state index is 11.8. The monoisotopic (exact) mass is 204 g/mol. The van der Waals surface area contributed by atoms with Crippen LogP contribution >= 0.6 is 0 Å². The second kappa shape index (κ2) is 3.65. The predicted molar refractivity (Wildman–Crippen MR) is 43.7 cm³/mol. The number of halogens is 3. The molecular formula is C8H7F3N2O. The average Bonchev–Trinajstić information content (AvgIpc) is 2.01. The highest BCUT2D eigenvalue weighted by Gasteiger charge is 2.32. The smallest absolute Gasteiger partial charge is 0.383 e. The third kappa shape index (κ3) is 2.72. The van der Waals surface area contributed by atoms with Gasteiger partial charge in [0.25, 0.3) is 0 Å². The number of pyridine rings is 1. The molecule has 0 amide bonds. The van der Waals surface area contributed by atoms with Crippen LogP contribution in [0.5, 0.6) is 0 Å². The molecule has 0 saturated carbocycles. The second-order valence-electron chi connectivity index (χ2n) is 2.65. The van der Waals surface area contributed by atoms with Gasteiger partial charge in [-0.2, -0.15) is 13.2 Å². The van der Waals surface area contributed by atoms with Gasteiger partial charge in [0.2, 0.25) is 0 Å². The van der Waals surface area contributed by atoms with Crippen LogP contribution in [0.3, 0.4) is 0 Å². The van der Waals surface area contributed by atoms with Crippen LogP contribution in [0.4, 0.5) is 19.0 Å². The summed E-state index contributed by atoms with van der Waals surface area (Å²) in [6, 6.07) is 2.58. The van der Waals surface area contributed by atoms with Crippen molar-refractivity contribution in [2.45, 2.75) is 12.6 Å². The highest BCUT2D eigenvalue weighted by molar-refractivity contribution is 6.00. The number of anilines is 1. The molecule has 0 aliphatic rings. The Balaban J connectivity index is 2.86. The maximum atomic E-state index is 11.8. The molecule has 0 aliphatic heterocycles. The summed E-state index contributed by atoms with van der Waals surface area (Å²) in [5, 5.41) is 0. The largest absolute Gasteiger partial charge is 0.396 e. The Hall–Kier alpha value is -1.59. The van der Waals surface area contributed by atoms with Gasteiger partial charge in [0.1, 0.15) is 12.2 Å². The van der Waals surface area contributed by atoms with Crippen LogP contribution in [0, 0.1) is 0 Å². The molecule has 0 spiro atoms. The molecule has 0 fully saturated rings. The van der Waals surface area contributed by atoms with Gasteiger partial charge >= 0.3 is 6.18 Å². The van der Waals surface area contributed by atoms with Crippen molar-refractivity contribution in [3.63, 3.8) is 0 Å². The molecule has 1 heterocycles. The number of carbonyl (C=O) groups is 1. The Bertz CT molecular complexity index is 349. The van der Waals surface area contributed by atoms with Crippen LogP contribution in [0.25, 0.3) is 0 Å². The first kappa shape index (κ1) is 10.5. The third-order valence-electron chi connectivity index (χ3n) is 1.50. The van der Waals surface area contributed by atoms with Gasteiger partial charge < -0.3 is 5.73 Å². The average molecular weight is 204 g/mol. The number of hydrogen-bond donors (Lipinski definition) is 1. The quantitative estimate of drug-likeness (QED) is 0.747. The highest BCUT2D eigenvalue weighted by atomic mass is 19.4. The normalized spacial score (nSPS) is 11.4. The van der Waals surface area contributed by atoms with Crippen molar-refractivity contribution in [1.82, 2.24) is 4.98 Å². The van der Waals surface area contributed by atoms with Crippen LogP contribution in [0.15, 0.2) is 18.3 Å². The number of aromatic nitrogens is 1. The molecule has 14 heavy (non-hydrogen) atoms. The lowest BCUT2D eigenvalue weighted by molar-refractivity contribution is -0.125. The van der Waals surface area contributed by atoms with Crippen LogP contribution in [0.1, 0.15) is 16.8 Å². The van der Waals surface area contributed by atoms with Crippen molar-refractivity contribution in [2.24, 2.45) is 0 Å². The molecular weight excluding hydrogens is 197 g/mol. The fourth-order valence-electron chi connectivity index (χ4n) is 0.931. The van der Waals surface area contributed by atoms with E-state index in [1.54, 1.807) is 0 Å². The molecule has 1 aromatic heterocycles. The summed E-state index contributed by atoms with van der Waals surface area (Å²) in [6.07, 6.45) is -4.72. The fraction of sp³-hybridized carbons (Fsp3) is 0.250. The number of carbonyl (C=O) groups excluding carboxylic acids is 1. The molecule has 0 radical (unpaired) electrons. The van der Waals surface area contributed by atoms with Gasteiger partial charge in [-0.3, -0.25) is 4.79 Å². The highest BCUT2D eigenvalue weighted by Crippen LogP contribution is 2.23. The molecule has 1 aromatic rings. The van der Waals surface area contributed by atoms with Crippen molar-refractivity contribution in [1.29, 1.82) is 0 Å². The molecule has 0 atom stereocenters. The maximum Gasteiger partial charge on any atom is 0.396 e. The van der Waals surface area contributed by atoms with E-state index in [0.29, 0.717) is 0 Å². The number of nitrogens with zero attached hydrogens (tertiary/aromatic N) is 1. The summed E-state index contributed by atoms with van der Waals surface area (Å²) in [7, 11) is 0. The molecule has 2 N–H and O–H groups in total. The van der Waals surface area contributed by atoms with Gasteiger partial charge in [-0.15, -0.1) is 0 Å². The molecule has 6 heteroatoms. The number of Topliss-reactive ketones (excluding diaryl/α,β-unsaturated/α-hetero) is 1. The molecule has 0 aromatic carbocycles. The zero-order valence-corrected chi connectivity index (χ0v) is 7.01. The topological polar surface area (TPSA) is 56.0 Å². The SMILES string of the molecule is Nc1ncccc1C(=O)CC(F)(F)F. The van der Waals surface area contributed by atoms with Gasteiger partial charge in [0, 0.05) is 6.20 Å². The van der Waals surface area contributed by atoms with Gasteiger partial charge in [-0.05, 0) is 12.1 Å². The first-order chi connectivity index (χ1) is 6.40. The van der Waals surface area contributed by atoms with E-state index in [9.17, 15) is 18.0 Å². The number of nitrogen functional groups attached to an aromatic ring is 1. The van der Waals surface area contributed by atoms with E-state index in [1.165, 1.54) is 18.3 Å². The summed E-state index contributed by atoms with van der Waals surface area (Å²) in [4.78, 5) is 14.6. The van der Waals surface area contributed by atoms with E-state index < -0.39 is 18.4 Å². The second-order valence-corrected chi connectivity index (χ2v) is 2.65. The number of hydrogen-bond acceptors (Lipinski definition) is 3. The number of alkyl halides is 3. The minimum Gasteiger partial charge on any atom is -0.383 e. The van der Waals surface area contributed by atoms with E-state index in [-0.39, 0.29) is 11.4 Å². The fourth-order valence-corrected chi connectivity index (χ4v) is 0.931. The minimum absolute atomic E-state index is 0.179. The zero-order valence-electron chi connectivity index (χ0n) is 7.01. The summed E-state index contributed by atoms with van der Waals surface area (Å²) in [6.45, 7) is 0. The lowest BCUT2D eigenvalue weighted by Crippen LogP contribution is -2.16. The van der Waals surface area contributed by atoms with E-state index in [0.717, 1.165) is 0 Å². The van der Waals surface area contributed by atoms with Crippen LogP contribution in [-0.2, 0) is 0 Å². The van der Waals surface area contributed by atoms with Crippen molar-refractivity contribution in [3.8, 4) is 0 Å². The predicted octanol–water partition coefficient (Wildman–Crippen LogP) is 1.80. The summed E-state index contributed by atoms with van der Waals surface area (Å²) in [5.41, 5.74) is 5.05. The van der Waals surface area contributed by atoms with Crippen molar-refractivity contribution in [2.75, 3.05) is 5.73 Å². The number of rotatable bonds is 2. The summed E-state index contributed by atoms with van der Waals surface area (Å²) < 4.78 is 35.5. The van der Waals surface area contributed by atoms with Gasteiger partial charge in [0.15, 0.2) is 5.78 Å². The zero-order chi connectivity index (χ0) is 10.8. The first-order valence-corrected chi connectivity index (χ1v) is 3.70. The summed E-state index contributed by atoms with van der Waals surface area (Å²) in [5.74, 6) is -1.25. The minimum atomic E-state index is -4.51. The Morgan fingerprint density at radius 3 is 2.64 bits per heavy atom. The molecule has 0 saturated heterocycles. The molecule has 1 rings (SSSR count). The van der Waals surface area contributed by atoms with Crippen LogP contribution in [0.2, 0.25) is 0 Å². The summed E-state index contributed by atoms with van der Waals surface area (Å²) >= 11 is 0. The lowest BCUT2D eigenvalue weighted by atomic mass is 10.1. The van der Waals surface area contributed by atoms with Crippen molar-refractivity contribution in [3.05, 3.63) is 23.9 Å². The van der Waals surface area contributed by atoms with Crippen molar-refractivity contribution >= 4 is 11.6 Å². The first-order valence-electron chi connectivity index (χ1n) is 3.70. The van der Waals surface area contributed by atoms with Gasteiger partial charge in [-0.1, -0.05) is 0 Å². The Labute approximate surface area is 77.7 Å². The Morgan fingerprint density at radius 1 is 1.50 bits per heavy atom. The van der Waals surface area contributed by atoms with E-state index in [4.69, 9.17) is 5.73 Å². The van der Waals surface area contributed by atoms with Crippen LogP contribution < -0.4 is 5.73 Å². The van der Waals surface area contributed by atoms with E-state index in [1.807, 2.05) is 0 Å². The number of nitrogens with two attached hydrogens (primary N) is 1.